The van der Waals surface area contributed by atoms with Crippen LogP contribution < -0.4 is 4.74 Å². The van der Waals surface area contributed by atoms with Crippen molar-refractivity contribution in [1.29, 1.82) is 0 Å². The average molecular weight is 419 g/mol. The zero-order valence-electron chi connectivity index (χ0n) is 11.3. The highest BCUT2D eigenvalue weighted by Crippen LogP contribution is 2.39. The van der Waals surface area contributed by atoms with Crippen LogP contribution in [0.3, 0.4) is 0 Å². The van der Waals surface area contributed by atoms with Crippen LogP contribution in [0.4, 0.5) is 0 Å². The first kappa shape index (κ1) is 15.9. The highest BCUT2D eigenvalue weighted by atomic mass is 79.9. The lowest BCUT2D eigenvalue weighted by molar-refractivity contribution is 0.337. The van der Waals surface area contributed by atoms with Crippen molar-refractivity contribution in [2.45, 2.75) is 19.2 Å². The van der Waals surface area contributed by atoms with Crippen LogP contribution >= 0.6 is 43.5 Å². The van der Waals surface area contributed by atoms with Gasteiger partial charge in [0, 0.05) is 14.5 Å². The van der Waals surface area contributed by atoms with Gasteiger partial charge in [0.05, 0.1) is 12.0 Å². The van der Waals surface area contributed by atoms with Gasteiger partial charge in [0.1, 0.15) is 5.75 Å². The molecular formula is C16H15Br2ClO. The van der Waals surface area contributed by atoms with Crippen LogP contribution in [-0.4, -0.2) is 6.61 Å². The lowest BCUT2D eigenvalue weighted by atomic mass is 10.0. The monoisotopic (exact) mass is 416 g/mol. The number of hydrogen-bond donors (Lipinski definition) is 0. The summed E-state index contributed by atoms with van der Waals surface area (Å²) in [7, 11) is 0. The number of aryl methyl sites for hydroxylation is 1. The van der Waals surface area contributed by atoms with Crippen LogP contribution in [0.15, 0.2) is 45.3 Å². The summed E-state index contributed by atoms with van der Waals surface area (Å²) in [6, 6.07) is 12.1. The number of ether oxygens (including phenoxy) is 1. The fraction of sp³-hybridized carbons (Fsp3) is 0.250. The Morgan fingerprint density at radius 3 is 2.55 bits per heavy atom. The minimum absolute atomic E-state index is 0.261. The second-order valence-corrected chi connectivity index (χ2v) is 6.71. The predicted octanol–water partition coefficient (Wildman–Crippen LogP) is 6.25. The van der Waals surface area contributed by atoms with E-state index in [1.54, 1.807) is 0 Å². The molecule has 1 nitrogen and oxygen atoms in total. The molecule has 0 bridgehead atoms. The van der Waals surface area contributed by atoms with E-state index in [0.29, 0.717) is 6.61 Å². The minimum Gasteiger partial charge on any atom is -0.494 e. The second kappa shape index (κ2) is 6.97. The summed E-state index contributed by atoms with van der Waals surface area (Å²) in [6.07, 6.45) is 0. The number of rotatable bonds is 4. The Labute approximate surface area is 141 Å². The fourth-order valence-electron chi connectivity index (χ4n) is 2.03. The third kappa shape index (κ3) is 3.57. The van der Waals surface area contributed by atoms with Gasteiger partial charge in [-0.15, -0.1) is 11.6 Å². The van der Waals surface area contributed by atoms with Crippen molar-refractivity contribution in [2.75, 3.05) is 6.61 Å². The molecule has 106 valence electrons. The zero-order chi connectivity index (χ0) is 14.7. The summed E-state index contributed by atoms with van der Waals surface area (Å²) in [5.41, 5.74) is 3.20. The summed E-state index contributed by atoms with van der Waals surface area (Å²) in [5.74, 6) is 0.823. The largest absolute Gasteiger partial charge is 0.494 e. The van der Waals surface area contributed by atoms with E-state index in [4.69, 9.17) is 16.3 Å². The average Bonchev–Trinajstić information content (AvgIpc) is 2.43. The molecule has 0 aliphatic rings. The highest BCUT2D eigenvalue weighted by Gasteiger charge is 2.19. The van der Waals surface area contributed by atoms with E-state index in [-0.39, 0.29) is 5.38 Å². The van der Waals surface area contributed by atoms with Crippen molar-refractivity contribution >= 4 is 43.5 Å². The molecule has 2 aromatic rings. The van der Waals surface area contributed by atoms with Gasteiger partial charge in [-0.25, -0.2) is 0 Å². The van der Waals surface area contributed by atoms with Crippen LogP contribution in [0.25, 0.3) is 0 Å². The molecule has 1 atom stereocenters. The van der Waals surface area contributed by atoms with E-state index in [1.165, 1.54) is 5.56 Å². The van der Waals surface area contributed by atoms with Crippen LogP contribution in [0.1, 0.15) is 29.0 Å². The molecule has 2 rings (SSSR count). The number of hydrogen-bond acceptors (Lipinski definition) is 1. The van der Waals surface area contributed by atoms with Crippen molar-refractivity contribution in [3.8, 4) is 5.75 Å². The Balaban J connectivity index is 2.49. The Bertz CT molecular complexity index is 613. The third-order valence-corrected chi connectivity index (χ3v) is 4.65. The molecule has 0 saturated carbocycles. The van der Waals surface area contributed by atoms with Gasteiger partial charge >= 0.3 is 0 Å². The van der Waals surface area contributed by atoms with Gasteiger partial charge in [-0.1, -0.05) is 49.6 Å². The molecule has 20 heavy (non-hydrogen) atoms. The Hall–Kier alpha value is -0.510. The maximum Gasteiger partial charge on any atom is 0.124 e. The Kier molecular flexibility index (Phi) is 5.53. The molecule has 0 fully saturated rings. The molecule has 0 saturated heterocycles. The molecule has 0 spiro atoms. The molecule has 0 amide bonds. The van der Waals surface area contributed by atoms with Crippen LogP contribution in [0, 0.1) is 6.92 Å². The van der Waals surface area contributed by atoms with Crippen LogP contribution in [0.5, 0.6) is 5.75 Å². The van der Waals surface area contributed by atoms with Crippen molar-refractivity contribution in [3.05, 3.63) is 62.0 Å². The number of halogens is 3. The van der Waals surface area contributed by atoms with Gasteiger partial charge in [0.15, 0.2) is 0 Å². The van der Waals surface area contributed by atoms with Gasteiger partial charge in [0.25, 0.3) is 0 Å². The summed E-state index contributed by atoms with van der Waals surface area (Å²) in [6.45, 7) is 4.65. The molecule has 4 heteroatoms. The maximum absolute atomic E-state index is 6.69. The van der Waals surface area contributed by atoms with E-state index >= 15 is 0 Å². The Morgan fingerprint density at radius 1 is 1.10 bits per heavy atom. The lowest BCUT2D eigenvalue weighted by Gasteiger charge is -2.17. The smallest absolute Gasteiger partial charge is 0.124 e. The maximum atomic E-state index is 6.69. The first-order valence-corrected chi connectivity index (χ1v) is 8.37. The second-order valence-electron chi connectivity index (χ2n) is 4.50. The molecule has 0 radical (unpaired) electrons. The summed E-state index contributed by atoms with van der Waals surface area (Å²) < 4.78 is 7.68. The predicted molar refractivity (Wildman–Crippen MR) is 91.9 cm³/mol. The highest BCUT2D eigenvalue weighted by molar-refractivity contribution is 9.10. The number of alkyl halides is 1. The summed E-state index contributed by atoms with van der Waals surface area (Å²) >= 11 is 13.8. The van der Waals surface area contributed by atoms with Gasteiger partial charge in [-0.05, 0) is 43.7 Å². The van der Waals surface area contributed by atoms with E-state index in [1.807, 2.05) is 31.2 Å². The van der Waals surface area contributed by atoms with E-state index in [9.17, 15) is 0 Å². The quantitative estimate of drug-likeness (QED) is 0.534. The van der Waals surface area contributed by atoms with Gasteiger partial charge < -0.3 is 4.74 Å². The van der Waals surface area contributed by atoms with Crippen LogP contribution in [-0.2, 0) is 0 Å². The lowest BCUT2D eigenvalue weighted by Crippen LogP contribution is -2.01. The van der Waals surface area contributed by atoms with E-state index in [2.05, 4.69) is 50.9 Å². The zero-order valence-corrected chi connectivity index (χ0v) is 15.2. The Morgan fingerprint density at radius 2 is 1.85 bits per heavy atom. The molecule has 0 aliphatic heterocycles. The first-order valence-electron chi connectivity index (χ1n) is 6.35. The van der Waals surface area contributed by atoms with Gasteiger partial charge in [-0.3, -0.25) is 0 Å². The van der Waals surface area contributed by atoms with Gasteiger partial charge in [-0.2, -0.15) is 0 Å². The first-order chi connectivity index (χ1) is 9.52. The standard InChI is InChI=1S/C16H15Br2ClO/c1-3-20-15-7-5-11(17)9-13(15)16(19)12-8-10(2)4-6-14(12)18/h4-9,16H,3H2,1-2H3. The third-order valence-electron chi connectivity index (χ3n) is 2.97. The molecule has 0 aromatic heterocycles. The van der Waals surface area contributed by atoms with Gasteiger partial charge in [0.2, 0.25) is 0 Å². The van der Waals surface area contributed by atoms with Crippen molar-refractivity contribution in [3.63, 3.8) is 0 Å². The minimum atomic E-state index is -0.261. The van der Waals surface area contributed by atoms with Crippen molar-refractivity contribution in [1.82, 2.24) is 0 Å². The normalized spacial score (nSPS) is 12.2. The molecule has 0 aliphatic carbocycles. The summed E-state index contributed by atoms with van der Waals surface area (Å²) in [4.78, 5) is 0. The molecule has 1 unspecified atom stereocenters. The fourth-order valence-corrected chi connectivity index (χ4v) is 3.37. The van der Waals surface area contributed by atoms with Crippen LogP contribution in [0.2, 0.25) is 0 Å². The van der Waals surface area contributed by atoms with E-state index < -0.39 is 0 Å². The summed E-state index contributed by atoms with van der Waals surface area (Å²) in [5, 5.41) is -0.261. The SMILES string of the molecule is CCOc1ccc(Br)cc1C(Cl)c1cc(C)ccc1Br. The molecule has 0 heterocycles. The number of benzene rings is 2. The van der Waals surface area contributed by atoms with E-state index in [0.717, 1.165) is 25.8 Å². The molecule has 0 N–H and O–H groups in total. The van der Waals surface area contributed by atoms with Crippen molar-refractivity contribution < 1.29 is 4.74 Å². The topological polar surface area (TPSA) is 9.23 Å². The van der Waals surface area contributed by atoms with Crippen molar-refractivity contribution in [2.24, 2.45) is 0 Å². The molecule has 2 aromatic carbocycles. The molecular weight excluding hydrogens is 403 g/mol.